The van der Waals surface area contributed by atoms with Crippen molar-refractivity contribution in [2.45, 2.75) is 70.6 Å². The monoisotopic (exact) mass is 253 g/mol. The Morgan fingerprint density at radius 2 is 1.50 bits per heavy atom. The van der Waals surface area contributed by atoms with Crippen LogP contribution in [-0.4, -0.2) is 60.6 Å². The summed E-state index contributed by atoms with van der Waals surface area (Å²) in [5.74, 6) is 0. The number of piperidine rings is 1. The molecule has 2 saturated heterocycles. The van der Waals surface area contributed by atoms with Gasteiger partial charge in [0, 0.05) is 24.2 Å². The van der Waals surface area contributed by atoms with Crippen molar-refractivity contribution in [3.05, 3.63) is 0 Å². The molecule has 18 heavy (non-hydrogen) atoms. The van der Waals surface area contributed by atoms with Gasteiger partial charge in [0.05, 0.1) is 0 Å². The van der Waals surface area contributed by atoms with Crippen LogP contribution < -0.4 is 5.32 Å². The lowest BCUT2D eigenvalue weighted by molar-refractivity contribution is 0.0769. The molecule has 3 nitrogen and oxygen atoms in total. The zero-order valence-corrected chi connectivity index (χ0v) is 12.7. The van der Waals surface area contributed by atoms with Crippen LogP contribution in [-0.2, 0) is 0 Å². The molecule has 106 valence electrons. The van der Waals surface area contributed by atoms with E-state index in [9.17, 15) is 0 Å². The summed E-state index contributed by atoms with van der Waals surface area (Å²) in [5.41, 5.74) is 0. The van der Waals surface area contributed by atoms with Crippen molar-refractivity contribution < 1.29 is 0 Å². The van der Waals surface area contributed by atoms with E-state index in [2.05, 4.69) is 42.9 Å². The first-order valence-corrected chi connectivity index (χ1v) is 7.76. The third-order valence-electron chi connectivity index (χ3n) is 4.96. The Morgan fingerprint density at radius 3 is 2.06 bits per heavy atom. The molecule has 0 spiro atoms. The first kappa shape index (κ1) is 14.3. The zero-order valence-electron chi connectivity index (χ0n) is 12.7. The van der Waals surface area contributed by atoms with Crippen molar-refractivity contribution in [3.8, 4) is 0 Å². The summed E-state index contributed by atoms with van der Waals surface area (Å²) < 4.78 is 0. The molecule has 3 heteroatoms. The number of nitrogens with zero attached hydrogens (tertiary/aromatic N) is 2. The van der Waals surface area contributed by atoms with Crippen LogP contribution in [0.3, 0.4) is 0 Å². The molecule has 0 aliphatic carbocycles. The van der Waals surface area contributed by atoms with E-state index in [4.69, 9.17) is 0 Å². The summed E-state index contributed by atoms with van der Waals surface area (Å²) in [4.78, 5) is 5.28. The van der Waals surface area contributed by atoms with Crippen LogP contribution in [0.4, 0.5) is 0 Å². The van der Waals surface area contributed by atoms with Gasteiger partial charge in [-0.25, -0.2) is 0 Å². The lowest BCUT2D eigenvalue weighted by Gasteiger charge is -2.42. The van der Waals surface area contributed by atoms with E-state index in [1.165, 1.54) is 45.3 Å². The maximum atomic E-state index is 3.69. The molecule has 2 aliphatic rings. The second-order valence-electron chi connectivity index (χ2n) is 6.59. The summed E-state index contributed by atoms with van der Waals surface area (Å²) in [6.07, 6.45) is 5.31. The highest BCUT2D eigenvalue weighted by molar-refractivity contribution is 4.85. The van der Waals surface area contributed by atoms with Crippen molar-refractivity contribution in [2.75, 3.05) is 26.7 Å². The lowest BCUT2D eigenvalue weighted by Crippen LogP contribution is -2.51. The molecule has 2 fully saturated rings. The summed E-state index contributed by atoms with van der Waals surface area (Å²) in [6, 6.07) is 2.92. The Bertz CT molecular complexity index is 244. The second-order valence-corrected chi connectivity index (χ2v) is 6.59. The van der Waals surface area contributed by atoms with Gasteiger partial charge in [-0.3, -0.25) is 0 Å². The van der Waals surface area contributed by atoms with Gasteiger partial charge in [0.15, 0.2) is 0 Å². The first-order chi connectivity index (χ1) is 8.56. The van der Waals surface area contributed by atoms with Gasteiger partial charge in [-0.15, -0.1) is 0 Å². The maximum Gasteiger partial charge on any atom is 0.0122 e. The highest BCUT2D eigenvalue weighted by atomic mass is 15.2. The van der Waals surface area contributed by atoms with Gasteiger partial charge in [0.25, 0.3) is 0 Å². The molecule has 0 aromatic heterocycles. The predicted octanol–water partition coefficient (Wildman–Crippen LogP) is 1.93. The number of hydrogen-bond acceptors (Lipinski definition) is 3. The van der Waals surface area contributed by atoms with Crippen molar-refractivity contribution in [1.29, 1.82) is 0 Å². The second kappa shape index (κ2) is 6.36. The summed E-state index contributed by atoms with van der Waals surface area (Å²) >= 11 is 0. The van der Waals surface area contributed by atoms with Crippen LogP contribution in [0, 0.1) is 0 Å². The molecule has 0 saturated carbocycles. The Morgan fingerprint density at radius 1 is 0.889 bits per heavy atom. The van der Waals surface area contributed by atoms with Gasteiger partial charge in [0.2, 0.25) is 0 Å². The molecule has 0 aromatic carbocycles. The van der Waals surface area contributed by atoms with Gasteiger partial charge < -0.3 is 15.1 Å². The molecule has 4 atom stereocenters. The average molecular weight is 253 g/mol. The Kier molecular flexibility index (Phi) is 5.05. The molecule has 2 rings (SSSR count). The molecular formula is C15H31N3. The summed E-state index contributed by atoms with van der Waals surface area (Å²) in [7, 11) is 2.27. The summed E-state index contributed by atoms with van der Waals surface area (Å²) in [6.45, 7) is 10.9. The van der Waals surface area contributed by atoms with Crippen molar-refractivity contribution >= 4 is 0 Å². The normalized spacial score (nSPS) is 41.3. The topological polar surface area (TPSA) is 18.5 Å². The maximum absolute atomic E-state index is 3.69. The molecule has 0 bridgehead atoms. The fourth-order valence-corrected chi connectivity index (χ4v) is 3.44. The molecule has 1 N–H and O–H groups in total. The van der Waals surface area contributed by atoms with Crippen LogP contribution >= 0.6 is 0 Å². The number of hydrogen-bond donors (Lipinski definition) is 1. The molecular weight excluding hydrogens is 222 g/mol. The van der Waals surface area contributed by atoms with Gasteiger partial charge in [-0.05, 0) is 73.1 Å². The van der Waals surface area contributed by atoms with E-state index in [1.54, 1.807) is 0 Å². The zero-order chi connectivity index (χ0) is 13.1. The fraction of sp³-hybridized carbons (Fsp3) is 1.00. The summed E-state index contributed by atoms with van der Waals surface area (Å²) in [5, 5.41) is 3.69. The average Bonchev–Trinajstić information content (AvgIpc) is 2.31. The molecule has 0 amide bonds. The molecule has 2 aliphatic heterocycles. The van der Waals surface area contributed by atoms with Gasteiger partial charge in [-0.2, -0.15) is 0 Å². The standard InChI is InChI=1S/C15H31N3/c1-12-5-9-18(10-6-13(2)16-12)15-7-8-17(4)14(3)11-15/h12-16H,5-11H2,1-4H3. The van der Waals surface area contributed by atoms with Crippen molar-refractivity contribution in [1.82, 2.24) is 15.1 Å². The minimum Gasteiger partial charge on any atom is -0.312 e. The quantitative estimate of drug-likeness (QED) is 0.770. The number of likely N-dealkylation sites (tertiary alicyclic amines) is 1. The van der Waals surface area contributed by atoms with Crippen molar-refractivity contribution in [3.63, 3.8) is 0 Å². The van der Waals surface area contributed by atoms with Crippen LogP contribution in [0.1, 0.15) is 46.5 Å². The van der Waals surface area contributed by atoms with Gasteiger partial charge in [0.1, 0.15) is 0 Å². The third kappa shape index (κ3) is 3.69. The van der Waals surface area contributed by atoms with Crippen LogP contribution in [0.15, 0.2) is 0 Å². The van der Waals surface area contributed by atoms with E-state index in [0.717, 1.165) is 12.1 Å². The molecule has 0 radical (unpaired) electrons. The molecule has 4 unspecified atom stereocenters. The minimum absolute atomic E-state index is 0.673. The fourth-order valence-electron chi connectivity index (χ4n) is 3.44. The number of rotatable bonds is 1. The van der Waals surface area contributed by atoms with Gasteiger partial charge in [-0.1, -0.05) is 0 Å². The van der Waals surface area contributed by atoms with Crippen LogP contribution in [0.2, 0.25) is 0 Å². The Labute approximate surface area is 113 Å². The first-order valence-electron chi connectivity index (χ1n) is 7.76. The minimum atomic E-state index is 0.673. The van der Waals surface area contributed by atoms with Crippen LogP contribution in [0.25, 0.3) is 0 Å². The Hall–Kier alpha value is -0.120. The largest absolute Gasteiger partial charge is 0.312 e. The van der Waals surface area contributed by atoms with Gasteiger partial charge >= 0.3 is 0 Å². The number of nitrogens with one attached hydrogen (secondary N) is 1. The lowest BCUT2D eigenvalue weighted by atomic mass is 9.96. The third-order valence-corrected chi connectivity index (χ3v) is 4.96. The van der Waals surface area contributed by atoms with E-state index >= 15 is 0 Å². The highest BCUT2D eigenvalue weighted by Crippen LogP contribution is 2.22. The Balaban J connectivity index is 1.90. The SMILES string of the molecule is CC1CCN(C2CCN(C)C(C)C2)CCC(C)N1. The van der Waals surface area contributed by atoms with E-state index < -0.39 is 0 Å². The molecule has 2 heterocycles. The smallest absolute Gasteiger partial charge is 0.0122 e. The highest BCUT2D eigenvalue weighted by Gasteiger charge is 2.28. The van der Waals surface area contributed by atoms with E-state index in [0.29, 0.717) is 12.1 Å². The van der Waals surface area contributed by atoms with E-state index in [1.807, 2.05) is 0 Å². The predicted molar refractivity (Wildman–Crippen MR) is 78.0 cm³/mol. The van der Waals surface area contributed by atoms with Crippen molar-refractivity contribution in [2.24, 2.45) is 0 Å². The molecule has 0 aromatic rings. The van der Waals surface area contributed by atoms with Crippen LogP contribution in [0.5, 0.6) is 0 Å². The van der Waals surface area contributed by atoms with E-state index in [-0.39, 0.29) is 0 Å².